The third-order valence-corrected chi connectivity index (χ3v) is 4.03. The van der Waals surface area contributed by atoms with E-state index in [0.29, 0.717) is 12.2 Å². The number of aliphatic carboxylic acids is 1. The van der Waals surface area contributed by atoms with Crippen LogP contribution in [0.2, 0.25) is 0 Å². The molecular weight excluding hydrogens is 324 g/mol. The van der Waals surface area contributed by atoms with Gasteiger partial charge in [0.1, 0.15) is 5.69 Å². The normalized spacial score (nSPS) is 18.5. The Bertz CT molecular complexity index is 513. The lowest BCUT2D eigenvalue weighted by atomic mass is 10.1. The Balaban J connectivity index is 2.19. The first-order valence-corrected chi connectivity index (χ1v) is 7.70. The highest BCUT2D eigenvalue weighted by molar-refractivity contribution is 9.10. The lowest BCUT2D eigenvalue weighted by Crippen LogP contribution is -2.37. The van der Waals surface area contributed by atoms with E-state index in [1.54, 1.807) is 4.90 Å². The SMILES string of the molecule is CCCn1cc(Br)cc1C(=O)N1CCCC1CC(=O)O. The molecule has 2 heterocycles. The molecule has 5 nitrogen and oxygen atoms in total. The van der Waals surface area contributed by atoms with E-state index in [2.05, 4.69) is 22.9 Å². The summed E-state index contributed by atoms with van der Waals surface area (Å²) in [5.74, 6) is -0.910. The number of rotatable bonds is 5. The maximum Gasteiger partial charge on any atom is 0.305 e. The van der Waals surface area contributed by atoms with Crippen LogP contribution in [-0.2, 0) is 11.3 Å². The molecule has 20 heavy (non-hydrogen) atoms. The molecular formula is C14H19BrN2O3. The summed E-state index contributed by atoms with van der Waals surface area (Å²) in [6, 6.07) is 1.64. The number of aryl methyl sites for hydroxylation is 1. The Labute approximate surface area is 126 Å². The zero-order chi connectivity index (χ0) is 14.7. The Kier molecular flexibility index (Phi) is 4.86. The second-order valence-electron chi connectivity index (χ2n) is 5.13. The molecule has 1 aliphatic rings. The molecule has 1 aliphatic heterocycles. The maximum absolute atomic E-state index is 12.6. The molecule has 1 aromatic rings. The molecule has 0 radical (unpaired) electrons. The number of hydrogen-bond donors (Lipinski definition) is 1. The molecule has 1 N–H and O–H groups in total. The van der Waals surface area contributed by atoms with E-state index in [4.69, 9.17) is 5.11 Å². The topological polar surface area (TPSA) is 62.5 Å². The predicted octanol–water partition coefficient (Wildman–Crippen LogP) is 2.74. The number of halogens is 1. The molecule has 1 unspecified atom stereocenters. The molecule has 1 fully saturated rings. The molecule has 1 atom stereocenters. The summed E-state index contributed by atoms with van der Waals surface area (Å²) in [4.78, 5) is 25.2. The van der Waals surface area contributed by atoms with Crippen LogP contribution >= 0.6 is 15.9 Å². The van der Waals surface area contributed by atoms with E-state index in [1.807, 2.05) is 16.8 Å². The summed E-state index contributed by atoms with van der Waals surface area (Å²) in [7, 11) is 0. The van der Waals surface area contributed by atoms with Crippen molar-refractivity contribution in [2.24, 2.45) is 0 Å². The highest BCUT2D eigenvalue weighted by atomic mass is 79.9. The molecule has 1 aromatic heterocycles. The molecule has 2 rings (SSSR count). The van der Waals surface area contributed by atoms with Crippen LogP contribution in [0, 0.1) is 0 Å². The minimum atomic E-state index is -0.847. The minimum Gasteiger partial charge on any atom is -0.481 e. The van der Waals surface area contributed by atoms with Gasteiger partial charge in [0, 0.05) is 29.8 Å². The van der Waals surface area contributed by atoms with Crippen molar-refractivity contribution in [3.63, 3.8) is 0 Å². The number of carboxylic acids is 1. The van der Waals surface area contributed by atoms with Gasteiger partial charge in [0.2, 0.25) is 0 Å². The van der Waals surface area contributed by atoms with Gasteiger partial charge < -0.3 is 14.6 Å². The minimum absolute atomic E-state index is 0.0292. The van der Waals surface area contributed by atoms with Gasteiger partial charge in [-0.1, -0.05) is 6.92 Å². The van der Waals surface area contributed by atoms with Gasteiger partial charge in [0.15, 0.2) is 0 Å². The molecule has 1 amide bonds. The number of carbonyl (C=O) groups excluding carboxylic acids is 1. The first-order chi connectivity index (χ1) is 9.52. The lowest BCUT2D eigenvalue weighted by Gasteiger charge is -2.24. The van der Waals surface area contributed by atoms with Crippen molar-refractivity contribution in [1.82, 2.24) is 9.47 Å². The van der Waals surface area contributed by atoms with E-state index >= 15 is 0 Å². The van der Waals surface area contributed by atoms with Crippen LogP contribution in [0.4, 0.5) is 0 Å². The maximum atomic E-state index is 12.6. The van der Waals surface area contributed by atoms with E-state index < -0.39 is 5.97 Å². The van der Waals surface area contributed by atoms with Gasteiger partial charge in [-0.3, -0.25) is 9.59 Å². The quantitative estimate of drug-likeness (QED) is 0.894. The molecule has 110 valence electrons. The van der Waals surface area contributed by atoms with Crippen LogP contribution in [0.1, 0.15) is 43.1 Å². The van der Waals surface area contributed by atoms with Gasteiger partial charge in [-0.25, -0.2) is 0 Å². The fourth-order valence-electron chi connectivity index (χ4n) is 2.74. The van der Waals surface area contributed by atoms with E-state index in [9.17, 15) is 9.59 Å². The number of carboxylic acid groups (broad SMARTS) is 1. The van der Waals surface area contributed by atoms with Crippen LogP contribution < -0.4 is 0 Å². The van der Waals surface area contributed by atoms with Gasteiger partial charge in [-0.2, -0.15) is 0 Å². The second kappa shape index (κ2) is 6.43. The summed E-state index contributed by atoms with van der Waals surface area (Å²) < 4.78 is 2.81. The summed E-state index contributed by atoms with van der Waals surface area (Å²) in [5.41, 5.74) is 0.635. The third kappa shape index (κ3) is 3.23. The third-order valence-electron chi connectivity index (χ3n) is 3.60. The van der Waals surface area contributed by atoms with Crippen molar-refractivity contribution < 1.29 is 14.7 Å². The van der Waals surface area contributed by atoms with Crippen LogP contribution in [-0.4, -0.2) is 39.0 Å². The van der Waals surface area contributed by atoms with Crippen molar-refractivity contribution >= 4 is 27.8 Å². The summed E-state index contributed by atoms with van der Waals surface area (Å²) in [6.45, 7) is 3.49. The van der Waals surface area contributed by atoms with Crippen molar-refractivity contribution in [3.05, 3.63) is 22.4 Å². The Morgan fingerprint density at radius 1 is 1.50 bits per heavy atom. The number of nitrogens with zero attached hydrogens (tertiary/aromatic N) is 2. The standard InChI is InChI=1S/C14H19BrN2O3/c1-2-5-16-9-10(15)7-12(16)14(20)17-6-3-4-11(17)8-13(18)19/h7,9,11H,2-6,8H2,1H3,(H,18,19). The number of carbonyl (C=O) groups is 2. The number of hydrogen-bond acceptors (Lipinski definition) is 2. The predicted molar refractivity (Wildman–Crippen MR) is 78.7 cm³/mol. The van der Waals surface area contributed by atoms with E-state index in [0.717, 1.165) is 30.3 Å². The van der Waals surface area contributed by atoms with Crippen molar-refractivity contribution in [3.8, 4) is 0 Å². The molecule has 0 aliphatic carbocycles. The molecule has 0 saturated carbocycles. The van der Waals surface area contributed by atoms with Crippen LogP contribution in [0.15, 0.2) is 16.7 Å². The van der Waals surface area contributed by atoms with Crippen LogP contribution in [0.3, 0.4) is 0 Å². The number of amides is 1. The van der Waals surface area contributed by atoms with Crippen molar-refractivity contribution in [1.29, 1.82) is 0 Å². The Morgan fingerprint density at radius 3 is 2.90 bits per heavy atom. The molecule has 0 aromatic carbocycles. The molecule has 0 bridgehead atoms. The monoisotopic (exact) mass is 342 g/mol. The number of likely N-dealkylation sites (tertiary alicyclic amines) is 1. The summed E-state index contributed by atoms with van der Waals surface area (Å²) in [6.07, 6.45) is 4.52. The second-order valence-corrected chi connectivity index (χ2v) is 6.05. The van der Waals surface area contributed by atoms with E-state index in [-0.39, 0.29) is 18.4 Å². The Hall–Kier alpha value is -1.30. The van der Waals surface area contributed by atoms with Crippen molar-refractivity contribution in [2.75, 3.05) is 6.54 Å². The van der Waals surface area contributed by atoms with E-state index in [1.165, 1.54) is 0 Å². The lowest BCUT2D eigenvalue weighted by molar-refractivity contribution is -0.137. The molecule has 6 heteroatoms. The first-order valence-electron chi connectivity index (χ1n) is 6.91. The van der Waals surface area contributed by atoms with Crippen molar-refractivity contribution in [2.45, 2.75) is 45.2 Å². The molecule has 0 spiro atoms. The highest BCUT2D eigenvalue weighted by Gasteiger charge is 2.32. The summed E-state index contributed by atoms with van der Waals surface area (Å²) in [5, 5.41) is 8.94. The smallest absolute Gasteiger partial charge is 0.305 e. The van der Waals surface area contributed by atoms with Crippen LogP contribution in [0.25, 0.3) is 0 Å². The molecule has 1 saturated heterocycles. The Morgan fingerprint density at radius 2 is 2.25 bits per heavy atom. The van der Waals surface area contributed by atoms with Gasteiger partial charge >= 0.3 is 5.97 Å². The fourth-order valence-corrected chi connectivity index (χ4v) is 3.21. The van der Waals surface area contributed by atoms with Gasteiger partial charge in [-0.15, -0.1) is 0 Å². The zero-order valence-electron chi connectivity index (χ0n) is 11.5. The van der Waals surface area contributed by atoms with Crippen LogP contribution in [0.5, 0.6) is 0 Å². The highest BCUT2D eigenvalue weighted by Crippen LogP contribution is 2.24. The van der Waals surface area contributed by atoms with Gasteiger partial charge in [0.25, 0.3) is 5.91 Å². The first kappa shape index (κ1) is 15.1. The average Bonchev–Trinajstić information content (AvgIpc) is 2.95. The summed E-state index contributed by atoms with van der Waals surface area (Å²) >= 11 is 3.40. The van der Waals surface area contributed by atoms with Gasteiger partial charge in [0.05, 0.1) is 6.42 Å². The average molecular weight is 343 g/mol. The number of aromatic nitrogens is 1. The fraction of sp³-hybridized carbons (Fsp3) is 0.571. The van der Waals surface area contributed by atoms with Gasteiger partial charge in [-0.05, 0) is 41.3 Å². The zero-order valence-corrected chi connectivity index (χ0v) is 13.1. The largest absolute Gasteiger partial charge is 0.481 e.